The third-order valence-corrected chi connectivity index (χ3v) is 4.06. The summed E-state index contributed by atoms with van der Waals surface area (Å²) in [6.07, 6.45) is 3.87. The number of hydrogen-bond donors (Lipinski definition) is 0. The first-order chi connectivity index (χ1) is 8.53. The number of ether oxygens (including phenoxy) is 1. The summed E-state index contributed by atoms with van der Waals surface area (Å²) >= 11 is 0. The second-order valence-electron chi connectivity index (χ2n) is 5.76. The van der Waals surface area contributed by atoms with E-state index in [1.165, 1.54) is 5.56 Å². The van der Waals surface area contributed by atoms with E-state index in [0.29, 0.717) is 5.78 Å². The molecule has 2 nitrogen and oxygen atoms in total. The molecule has 18 heavy (non-hydrogen) atoms. The number of carbonyl (C=O) groups is 1. The molecule has 1 aromatic carbocycles. The second kappa shape index (κ2) is 5.23. The minimum atomic E-state index is -0.128. The Bertz CT molecular complexity index is 434. The van der Waals surface area contributed by atoms with Gasteiger partial charge < -0.3 is 4.74 Å². The third-order valence-electron chi connectivity index (χ3n) is 4.06. The van der Waals surface area contributed by atoms with E-state index in [2.05, 4.69) is 19.9 Å². The van der Waals surface area contributed by atoms with Gasteiger partial charge in [-0.05, 0) is 45.1 Å². The Balaban J connectivity index is 2.04. The molecular formula is C16H22O2. The Labute approximate surface area is 109 Å². The number of ketones is 1. The molecule has 2 heteroatoms. The van der Waals surface area contributed by atoms with Crippen LogP contribution in [0, 0.1) is 5.92 Å². The maximum atomic E-state index is 12.4. The number of carbonyl (C=O) groups excluding carboxylic acids is 1. The summed E-state index contributed by atoms with van der Waals surface area (Å²) in [5, 5.41) is 0. The largest absolute Gasteiger partial charge is 0.379 e. The van der Waals surface area contributed by atoms with E-state index in [0.717, 1.165) is 31.2 Å². The van der Waals surface area contributed by atoms with E-state index in [4.69, 9.17) is 4.74 Å². The van der Waals surface area contributed by atoms with Gasteiger partial charge >= 0.3 is 0 Å². The number of rotatable bonds is 4. The minimum Gasteiger partial charge on any atom is -0.379 e. The van der Waals surface area contributed by atoms with Crippen LogP contribution in [0.1, 0.15) is 49.0 Å². The Kier molecular flexibility index (Phi) is 3.86. The Morgan fingerprint density at radius 3 is 2.78 bits per heavy atom. The number of methoxy groups -OCH3 is 1. The third kappa shape index (κ3) is 2.81. The molecule has 1 aromatic rings. The van der Waals surface area contributed by atoms with Gasteiger partial charge in [-0.15, -0.1) is 0 Å². The highest BCUT2D eigenvalue weighted by atomic mass is 16.5. The van der Waals surface area contributed by atoms with Crippen LogP contribution in [0.15, 0.2) is 24.3 Å². The summed E-state index contributed by atoms with van der Waals surface area (Å²) in [7, 11) is 1.73. The number of fused-ring (bicyclic) bond motifs is 1. The standard InChI is InChI=1S/C16H22O2/c1-16(2,18-3)11-10-13-9-8-12-6-4-5-7-14(12)15(13)17/h4-7,13H,8-11H2,1-3H3. The molecule has 1 atom stereocenters. The molecule has 0 spiro atoms. The molecule has 1 aliphatic carbocycles. The zero-order valence-electron chi connectivity index (χ0n) is 11.5. The predicted molar refractivity (Wildman–Crippen MR) is 72.9 cm³/mol. The lowest BCUT2D eigenvalue weighted by molar-refractivity contribution is 0.0104. The Morgan fingerprint density at radius 2 is 2.06 bits per heavy atom. The molecule has 1 unspecified atom stereocenters. The lowest BCUT2D eigenvalue weighted by atomic mass is 9.79. The van der Waals surface area contributed by atoms with Crippen LogP contribution in [0.5, 0.6) is 0 Å². The van der Waals surface area contributed by atoms with Gasteiger partial charge in [0.15, 0.2) is 5.78 Å². The van der Waals surface area contributed by atoms with E-state index in [9.17, 15) is 4.79 Å². The zero-order chi connectivity index (χ0) is 13.2. The van der Waals surface area contributed by atoms with Crippen LogP contribution in [-0.4, -0.2) is 18.5 Å². The molecule has 98 valence electrons. The lowest BCUT2D eigenvalue weighted by Gasteiger charge is -2.28. The van der Waals surface area contributed by atoms with Crippen LogP contribution < -0.4 is 0 Å². The van der Waals surface area contributed by atoms with Crippen LogP contribution in [-0.2, 0) is 11.2 Å². The Hall–Kier alpha value is -1.15. The summed E-state index contributed by atoms with van der Waals surface area (Å²) in [6, 6.07) is 8.01. The predicted octanol–water partition coefficient (Wildman–Crippen LogP) is 3.64. The molecule has 0 N–H and O–H groups in total. The van der Waals surface area contributed by atoms with Crippen LogP contribution in [0.3, 0.4) is 0 Å². The first-order valence-electron chi connectivity index (χ1n) is 6.71. The van der Waals surface area contributed by atoms with Gasteiger partial charge in [0, 0.05) is 18.6 Å². The van der Waals surface area contributed by atoms with Crippen LogP contribution in [0.4, 0.5) is 0 Å². The van der Waals surface area contributed by atoms with Crippen molar-refractivity contribution in [2.24, 2.45) is 5.92 Å². The van der Waals surface area contributed by atoms with Crippen molar-refractivity contribution in [2.45, 2.75) is 45.1 Å². The normalized spacial score (nSPS) is 19.7. The highest BCUT2D eigenvalue weighted by Crippen LogP contribution is 2.30. The fourth-order valence-corrected chi connectivity index (χ4v) is 2.56. The number of hydrogen-bond acceptors (Lipinski definition) is 2. The Morgan fingerprint density at radius 1 is 1.33 bits per heavy atom. The molecule has 0 amide bonds. The van der Waals surface area contributed by atoms with E-state index >= 15 is 0 Å². The van der Waals surface area contributed by atoms with Crippen molar-refractivity contribution in [3.63, 3.8) is 0 Å². The molecule has 2 rings (SSSR count). The van der Waals surface area contributed by atoms with Gasteiger partial charge in [0.2, 0.25) is 0 Å². The molecule has 0 aromatic heterocycles. The molecule has 0 heterocycles. The molecule has 1 aliphatic rings. The summed E-state index contributed by atoms with van der Waals surface area (Å²) in [5.41, 5.74) is 2.02. The van der Waals surface area contributed by atoms with Crippen LogP contribution in [0.2, 0.25) is 0 Å². The van der Waals surface area contributed by atoms with E-state index < -0.39 is 0 Å². The zero-order valence-corrected chi connectivity index (χ0v) is 11.5. The second-order valence-corrected chi connectivity index (χ2v) is 5.76. The maximum Gasteiger partial charge on any atom is 0.166 e. The first-order valence-corrected chi connectivity index (χ1v) is 6.71. The molecule has 0 saturated heterocycles. The van der Waals surface area contributed by atoms with E-state index in [-0.39, 0.29) is 11.5 Å². The summed E-state index contributed by atoms with van der Waals surface area (Å²) < 4.78 is 5.42. The molecule has 0 radical (unpaired) electrons. The van der Waals surface area contributed by atoms with Crippen LogP contribution >= 0.6 is 0 Å². The maximum absolute atomic E-state index is 12.4. The quantitative estimate of drug-likeness (QED) is 0.810. The summed E-state index contributed by atoms with van der Waals surface area (Å²) in [5.74, 6) is 0.498. The smallest absolute Gasteiger partial charge is 0.166 e. The topological polar surface area (TPSA) is 26.3 Å². The van der Waals surface area contributed by atoms with Crippen LogP contribution in [0.25, 0.3) is 0 Å². The first kappa shape index (κ1) is 13.3. The van der Waals surface area contributed by atoms with Crippen molar-refractivity contribution in [3.05, 3.63) is 35.4 Å². The van der Waals surface area contributed by atoms with Crippen molar-refractivity contribution in [1.82, 2.24) is 0 Å². The highest BCUT2D eigenvalue weighted by Gasteiger charge is 2.28. The van der Waals surface area contributed by atoms with Crippen molar-refractivity contribution in [3.8, 4) is 0 Å². The van der Waals surface area contributed by atoms with Gasteiger partial charge in [-0.2, -0.15) is 0 Å². The van der Waals surface area contributed by atoms with Crippen molar-refractivity contribution >= 4 is 5.78 Å². The van der Waals surface area contributed by atoms with Gasteiger partial charge in [-0.3, -0.25) is 4.79 Å². The molecule has 0 bridgehead atoms. The van der Waals surface area contributed by atoms with E-state index in [1.807, 2.05) is 18.2 Å². The molecule has 0 saturated carbocycles. The average Bonchev–Trinajstić information content (AvgIpc) is 2.38. The highest BCUT2D eigenvalue weighted by molar-refractivity contribution is 6.00. The van der Waals surface area contributed by atoms with Crippen molar-refractivity contribution in [1.29, 1.82) is 0 Å². The molecule has 0 fully saturated rings. The van der Waals surface area contributed by atoms with E-state index in [1.54, 1.807) is 7.11 Å². The summed E-state index contributed by atoms with van der Waals surface area (Å²) in [6.45, 7) is 4.16. The number of benzene rings is 1. The van der Waals surface area contributed by atoms with Crippen molar-refractivity contribution < 1.29 is 9.53 Å². The average molecular weight is 246 g/mol. The van der Waals surface area contributed by atoms with Gasteiger partial charge in [-0.25, -0.2) is 0 Å². The van der Waals surface area contributed by atoms with Gasteiger partial charge in [0.1, 0.15) is 0 Å². The van der Waals surface area contributed by atoms with Gasteiger partial charge in [-0.1, -0.05) is 24.3 Å². The number of aryl methyl sites for hydroxylation is 1. The summed E-state index contributed by atoms with van der Waals surface area (Å²) in [4.78, 5) is 12.4. The molecular weight excluding hydrogens is 224 g/mol. The SMILES string of the molecule is COC(C)(C)CCC1CCc2ccccc2C1=O. The van der Waals surface area contributed by atoms with Gasteiger partial charge in [0.05, 0.1) is 5.60 Å². The van der Waals surface area contributed by atoms with Gasteiger partial charge in [0.25, 0.3) is 0 Å². The monoisotopic (exact) mass is 246 g/mol. The number of Topliss-reactive ketones (excluding diaryl/α,β-unsaturated/α-hetero) is 1. The fourth-order valence-electron chi connectivity index (χ4n) is 2.56. The molecule has 0 aliphatic heterocycles. The lowest BCUT2D eigenvalue weighted by Crippen LogP contribution is -2.28. The minimum absolute atomic E-state index is 0.128. The van der Waals surface area contributed by atoms with Crippen molar-refractivity contribution in [2.75, 3.05) is 7.11 Å². The fraction of sp³-hybridized carbons (Fsp3) is 0.562.